The molecular weight excluding hydrogens is 1100 g/mol. The van der Waals surface area contributed by atoms with Crippen LogP contribution in [0.5, 0.6) is 0 Å². The zero-order valence-electron chi connectivity index (χ0n) is 57.4. The molecule has 4 amide bonds. The van der Waals surface area contributed by atoms with Crippen molar-refractivity contribution in [2.24, 2.45) is 71.0 Å². The third kappa shape index (κ3) is 20.6. The van der Waals surface area contributed by atoms with Gasteiger partial charge in [-0.2, -0.15) is 0 Å². The molecule has 4 unspecified atom stereocenters. The summed E-state index contributed by atoms with van der Waals surface area (Å²) < 4.78 is 0. The van der Waals surface area contributed by atoms with Crippen LogP contribution >= 0.6 is 0 Å². The summed E-state index contributed by atoms with van der Waals surface area (Å²) in [7, 11) is 0. The Morgan fingerprint density at radius 2 is 0.578 bits per heavy atom. The van der Waals surface area contributed by atoms with Crippen LogP contribution in [0, 0.1) is 71.0 Å². The smallest absolute Gasteiger partial charge is 0.222 e. The molecule has 4 saturated carbocycles. The molecule has 90 heavy (non-hydrogen) atoms. The number of benzene rings is 4. The second-order valence-corrected chi connectivity index (χ2v) is 31.0. The average Bonchev–Trinajstić information content (AvgIpc) is 2.00. The van der Waals surface area contributed by atoms with Crippen molar-refractivity contribution in [1.82, 2.24) is 19.6 Å². The highest BCUT2D eigenvalue weighted by molar-refractivity contribution is 5.78. The van der Waals surface area contributed by atoms with Gasteiger partial charge in [0, 0.05) is 78.0 Å². The van der Waals surface area contributed by atoms with Gasteiger partial charge in [0.1, 0.15) is 0 Å². The summed E-state index contributed by atoms with van der Waals surface area (Å²) >= 11 is 0. The molecule has 4 aliphatic heterocycles. The van der Waals surface area contributed by atoms with Gasteiger partial charge >= 0.3 is 0 Å². The van der Waals surface area contributed by atoms with E-state index < -0.39 is 0 Å². The van der Waals surface area contributed by atoms with Crippen LogP contribution in [0.15, 0.2) is 121 Å². The van der Waals surface area contributed by atoms with E-state index in [4.69, 9.17) is 0 Å². The maximum Gasteiger partial charge on any atom is 0.222 e. The quantitative estimate of drug-likeness (QED) is 0.112. The fourth-order valence-corrected chi connectivity index (χ4v) is 16.9. The van der Waals surface area contributed by atoms with Crippen LogP contribution in [-0.4, -0.2) is 95.6 Å². The van der Waals surface area contributed by atoms with Crippen molar-refractivity contribution in [3.63, 3.8) is 0 Å². The molecule has 0 N–H and O–H groups in total. The minimum atomic E-state index is 0.389. The van der Waals surface area contributed by atoms with E-state index in [1.807, 2.05) is 0 Å². The number of rotatable bonds is 16. The Hall–Kier alpha value is -5.24. The number of hydrogen-bond donors (Lipinski definition) is 0. The van der Waals surface area contributed by atoms with E-state index in [9.17, 15) is 19.2 Å². The Balaban J connectivity index is 0.000000142. The molecule has 8 nitrogen and oxygen atoms in total. The summed E-state index contributed by atoms with van der Waals surface area (Å²) in [5.41, 5.74) is 5.80. The van der Waals surface area contributed by atoms with Crippen molar-refractivity contribution in [2.45, 2.75) is 220 Å². The lowest BCUT2D eigenvalue weighted by atomic mass is 9.70. The van der Waals surface area contributed by atoms with Crippen molar-refractivity contribution >= 4 is 23.6 Å². The van der Waals surface area contributed by atoms with Crippen molar-refractivity contribution in [1.29, 1.82) is 0 Å². The molecule has 4 aromatic rings. The van der Waals surface area contributed by atoms with Crippen LogP contribution in [-0.2, 0) is 19.2 Å². The van der Waals surface area contributed by atoms with E-state index >= 15 is 0 Å². The summed E-state index contributed by atoms with van der Waals surface area (Å²) in [5.74, 6) is 13.0. The molecule has 8 fully saturated rings. The van der Waals surface area contributed by atoms with E-state index in [2.05, 4.69) is 196 Å². The van der Waals surface area contributed by atoms with Crippen LogP contribution in [0.4, 0.5) is 0 Å². The molecule has 8 heteroatoms. The maximum atomic E-state index is 12.6. The SMILES string of the molecule is CC(C)C1CCN(C(=O)CC2CC(c3ccccc3)C2)CC1.CC(C)C1CCN(C(=O)CC2CC2c2ccccc2)CC1.CC(C)C1CCN(C(=O)CC2CCC(c3ccccc3)C2)CC1.CC(C)C1CCN(C(=O)CC2CCC(c3ccccc3)CC2)CC1. The minimum Gasteiger partial charge on any atom is -0.343 e. The Bertz CT molecular complexity index is 2720. The summed E-state index contributed by atoms with van der Waals surface area (Å²) in [5, 5.41) is 0. The lowest BCUT2D eigenvalue weighted by Crippen LogP contribution is -2.41. The average molecular weight is 1230 g/mol. The molecule has 8 aliphatic rings. The lowest BCUT2D eigenvalue weighted by Gasteiger charge is -2.38. The highest BCUT2D eigenvalue weighted by Crippen LogP contribution is 2.50. The van der Waals surface area contributed by atoms with Gasteiger partial charge in [0.15, 0.2) is 0 Å². The number of piperidine rings is 4. The summed E-state index contributed by atoms with van der Waals surface area (Å²) in [4.78, 5) is 58.6. The predicted octanol–water partition coefficient (Wildman–Crippen LogP) is 18.6. The van der Waals surface area contributed by atoms with E-state index in [-0.39, 0.29) is 0 Å². The van der Waals surface area contributed by atoms with E-state index in [1.54, 1.807) is 0 Å². The predicted molar refractivity (Wildman–Crippen MR) is 372 cm³/mol. The van der Waals surface area contributed by atoms with Crippen LogP contribution in [0.2, 0.25) is 0 Å². The zero-order chi connectivity index (χ0) is 63.5. The van der Waals surface area contributed by atoms with E-state index in [0.717, 1.165) is 125 Å². The number of carbonyl (C=O) groups excluding carboxylic acids is 4. The van der Waals surface area contributed by atoms with E-state index in [1.165, 1.54) is 138 Å². The molecule has 12 rings (SSSR count). The first-order valence-electron chi connectivity index (χ1n) is 36.9. The number of carbonyl (C=O) groups is 4. The van der Waals surface area contributed by atoms with Gasteiger partial charge in [0.25, 0.3) is 0 Å². The van der Waals surface area contributed by atoms with Gasteiger partial charge in [0.2, 0.25) is 23.6 Å². The first-order chi connectivity index (χ1) is 43.5. The van der Waals surface area contributed by atoms with Crippen molar-refractivity contribution < 1.29 is 19.2 Å². The number of likely N-dealkylation sites (tertiary alicyclic amines) is 4. The molecule has 492 valence electrons. The molecule has 4 saturated heterocycles. The molecule has 4 aliphatic carbocycles. The number of nitrogens with zero attached hydrogens (tertiary/aromatic N) is 4. The number of amides is 4. The fraction of sp³-hybridized carbons (Fsp3) is 0.659. The third-order valence-corrected chi connectivity index (χ3v) is 23.8. The minimum absolute atomic E-state index is 0.389. The van der Waals surface area contributed by atoms with Crippen LogP contribution < -0.4 is 0 Å². The monoisotopic (exact) mass is 1220 g/mol. The molecule has 0 aromatic heterocycles. The molecule has 0 spiro atoms. The first kappa shape index (κ1) is 69.1. The second kappa shape index (κ2) is 34.6. The molecular formula is C82H120N4O4. The summed E-state index contributed by atoms with van der Waals surface area (Å²) in [6.45, 7) is 26.3. The van der Waals surface area contributed by atoms with Crippen LogP contribution in [0.1, 0.15) is 243 Å². The second-order valence-electron chi connectivity index (χ2n) is 31.0. The molecule has 0 radical (unpaired) electrons. The lowest BCUT2D eigenvalue weighted by molar-refractivity contribution is -0.135. The van der Waals surface area contributed by atoms with Gasteiger partial charge in [-0.15, -0.1) is 0 Å². The zero-order valence-corrected chi connectivity index (χ0v) is 57.4. The largest absolute Gasteiger partial charge is 0.343 e. The van der Waals surface area contributed by atoms with Crippen LogP contribution in [0.3, 0.4) is 0 Å². The summed E-state index contributed by atoms with van der Waals surface area (Å²) in [6, 6.07) is 43.1. The molecule has 0 bridgehead atoms. The molecule has 4 atom stereocenters. The molecule has 4 heterocycles. The van der Waals surface area contributed by atoms with Gasteiger partial charge in [-0.1, -0.05) is 177 Å². The van der Waals surface area contributed by atoms with Gasteiger partial charge < -0.3 is 19.6 Å². The van der Waals surface area contributed by atoms with Gasteiger partial charge in [-0.05, 0) is 233 Å². The number of hydrogen-bond acceptors (Lipinski definition) is 4. The third-order valence-electron chi connectivity index (χ3n) is 23.8. The van der Waals surface area contributed by atoms with Crippen LogP contribution in [0.25, 0.3) is 0 Å². The van der Waals surface area contributed by atoms with Crippen molar-refractivity contribution in [2.75, 3.05) is 52.4 Å². The Labute approximate surface area is 546 Å². The fourth-order valence-electron chi connectivity index (χ4n) is 16.9. The highest BCUT2D eigenvalue weighted by atomic mass is 16.2. The normalized spacial score (nSPS) is 26.0. The van der Waals surface area contributed by atoms with Gasteiger partial charge in [-0.25, -0.2) is 0 Å². The summed E-state index contributed by atoms with van der Waals surface area (Å²) in [6.07, 6.45) is 24.8. The first-order valence-corrected chi connectivity index (χ1v) is 36.9. The van der Waals surface area contributed by atoms with Crippen molar-refractivity contribution in [3.05, 3.63) is 144 Å². The topological polar surface area (TPSA) is 81.2 Å². The molecule has 4 aromatic carbocycles. The Morgan fingerprint density at radius 1 is 0.300 bits per heavy atom. The van der Waals surface area contributed by atoms with Gasteiger partial charge in [-0.3, -0.25) is 19.2 Å². The highest BCUT2D eigenvalue weighted by Gasteiger charge is 2.41. The standard InChI is InChI=1S/C22H33NO.C21H31NO.C20H29NO.C19H27NO/c1-17(2)19-12-14-23(15-13-19)22(24)16-18-8-10-21(11-9-18)20-6-4-3-5-7-20;1-16(2)18-10-12-22(13-11-18)21(23)15-17-8-9-20(14-17)19-6-4-3-5-7-19;1-15(2)17-8-10-21(11-9-17)20(22)14-16-12-19(13-16)18-6-4-3-5-7-18;1-14(2)15-8-10-20(11-9-15)19(21)13-17-12-18(17)16-6-4-3-5-7-16/h3-7,17-19,21H,8-16H2,1-2H3;3-7,16-18,20H,8-15H2,1-2H3;3-7,15-17,19H,8-14H2,1-2H3;3-7,14-15,17-18H,8-13H2,1-2H3. The van der Waals surface area contributed by atoms with E-state index in [0.29, 0.717) is 71.0 Å². The van der Waals surface area contributed by atoms with Gasteiger partial charge in [0.05, 0.1) is 0 Å². The maximum absolute atomic E-state index is 12.6. The van der Waals surface area contributed by atoms with Crippen molar-refractivity contribution in [3.8, 4) is 0 Å². The Kier molecular flexibility index (Phi) is 26.6. The Morgan fingerprint density at radius 3 is 0.944 bits per heavy atom.